The zero-order valence-corrected chi connectivity index (χ0v) is 12.9. The van der Waals surface area contributed by atoms with E-state index < -0.39 is 0 Å². The maximum Gasteiger partial charge on any atom is 0.295 e. The number of hydrogen-bond donors (Lipinski definition) is 2. The van der Waals surface area contributed by atoms with Gasteiger partial charge in [-0.1, -0.05) is 18.5 Å². The number of benzene rings is 1. The summed E-state index contributed by atoms with van der Waals surface area (Å²) in [6.45, 7) is 5.76. The number of hydrogen-bond acceptors (Lipinski definition) is 4. The fourth-order valence-electron chi connectivity index (χ4n) is 1.67. The molecule has 1 aromatic heterocycles. The molecule has 0 atom stereocenters. The molecule has 2 rings (SSSR count). The minimum atomic E-state index is -0.389. The van der Waals surface area contributed by atoms with Crippen LogP contribution in [0.2, 0.25) is 5.02 Å². The monoisotopic (exact) mass is 308 g/mol. The van der Waals surface area contributed by atoms with Crippen molar-refractivity contribution in [2.45, 2.75) is 33.3 Å². The van der Waals surface area contributed by atoms with Crippen LogP contribution in [-0.4, -0.2) is 27.2 Å². The topological polar surface area (TPSA) is 79.9 Å². The molecule has 0 aliphatic rings. The lowest BCUT2D eigenvalue weighted by Gasteiger charge is -2.12. The van der Waals surface area contributed by atoms with Crippen LogP contribution in [0.4, 0.5) is 5.69 Å². The number of nitrogens with zero attached hydrogens (tertiary/aromatic N) is 2. The van der Waals surface area contributed by atoms with Crippen LogP contribution in [-0.2, 0) is 6.42 Å². The molecule has 0 aliphatic heterocycles. The number of aryl methyl sites for hydroxylation is 1. The number of amides is 1. The molecule has 1 amide bonds. The molecule has 21 heavy (non-hydrogen) atoms. The Balaban J connectivity index is 2.09. The highest BCUT2D eigenvalue weighted by Gasteiger charge is 2.13. The molecule has 0 saturated heterocycles. The van der Waals surface area contributed by atoms with Crippen molar-refractivity contribution in [1.82, 2.24) is 15.2 Å². The van der Waals surface area contributed by atoms with Crippen molar-refractivity contribution in [2.24, 2.45) is 0 Å². The van der Waals surface area contributed by atoms with Crippen LogP contribution in [0, 0.1) is 0 Å². The van der Waals surface area contributed by atoms with Crippen LogP contribution in [0.15, 0.2) is 18.2 Å². The van der Waals surface area contributed by atoms with Crippen molar-refractivity contribution in [1.29, 1.82) is 0 Å². The Morgan fingerprint density at radius 3 is 2.81 bits per heavy atom. The van der Waals surface area contributed by atoms with Crippen LogP contribution < -0.4 is 10.1 Å². The number of ether oxygens (including phenoxy) is 1. The number of anilines is 1. The van der Waals surface area contributed by atoms with Crippen LogP contribution in [0.3, 0.4) is 0 Å². The number of nitrogens with one attached hydrogen (secondary N) is 2. The van der Waals surface area contributed by atoms with Gasteiger partial charge in [0.25, 0.3) is 5.91 Å². The van der Waals surface area contributed by atoms with Gasteiger partial charge in [-0.2, -0.15) is 0 Å². The third-order valence-corrected chi connectivity index (χ3v) is 2.92. The van der Waals surface area contributed by atoms with E-state index in [9.17, 15) is 4.79 Å². The van der Waals surface area contributed by atoms with Crippen molar-refractivity contribution < 1.29 is 9.53 Å². The van der Waals surface area contributed by atoms with E-state index in [-0.39, 0.29) is 17.8 Å². The van der Waals surface area contributed by atoms with E-state index in [2.05, 4.69) is 20.5 Å². The smallest absolute Gasteiger partial charge is 0.295 e. The van der Waals surface area contributed by atoms with Gasteiger partial charge in [0, 0.05) is 12.1 Å². The lowest BCUT2D eigenvalue weighted by Crippen LogP contribution is -2.14. The first-order valence-electron chi connectivity index (χ1n) is 6.68. The minimum Gasteiger partial charge on any atom is -0.489 e. The Kier molecular flexibility index (Phi) is 4.80. The van der Waals surface area contributed by atoms with Crippen LogP contribution >= 0.6 is 11.6 Å². The molecule has 0 spiro atoms. The van der Waals surface area contributed by atoms with Crippen molar-refractivity contribution in [3.05, 3.63) is 34.9 Å². The van der Waals surface area contributed by atoms with Crippen molar-refractivity contribution in [2.75, 3.05) is 5.32 Å². The third-order valence-electron chi connectivity index (χ3n) is 2.62. The van der Waals surface area contributed by atoms with Crippen molar-refractivity contribution >= 4 is 23.2 Å². The summed E-state index contributed by atoms with van der Waals surface area (Å²) in [6.07, 6.45) is 0.719. The average Bonchev–Trinajstić information content (AvgIpc) is 2.90. The molecule has 0 bridgehead atoms. The fourth-order valence-corrected chi connectivity index (χ4v) is 1.90. The Morgan fingerprint density at radius 1 is 1.48 bits per heavy atom. The molecule has 0 saturated carbocycles. The first kappa shape index (κ1) is 15.3. The highest BCUT2D eigenvalue weighted by Crippen LogP contribution is 2.28. The van der Waals surface area contributed by atoms with Gasteiger partial charge in [0.1, 0.15) is 11.6 Å². The molecular formula is C14H17ClN4O2. The molecule has 2 aromatic rings. The molecule has 112 valence electrons. The highest BCUT2D eigenvalue weighted by atomic mass is 35.5. The lowest BCUT2D eigenvalue weighted by atomic mass is 10.3. The first-order chi connectivity index (χ1) is 9.99. The predicted molar refractivity (Wildman–Crippen MR) is 80.9 cm³/mol. The van der Waals surface area contributed by atoms with Gasteiger partial charge in [-0.25, -0.2) is 4.98 Å². The Bertz CT molecular complexity index is 640. The molecule has 0 fully saturated rings. The molecular weight excluding hydrogens is 292 g/mol. The molecule has 0 unspecified atom stereocenters. The van der Waals surface area contributed by atoms with Crippen molar-refractivity contribution in [3.8, 4) is 5.75 Å². The number of halogens is 1. The van der Waals surface area contributed by atoms with E-state index in [1.165, 1.54) is 0 Å². The summed E-state index contributed by atoms with van der Waals surface area (Å²) in [4.78, 5) is 16.1. The second kappa shape index (κ2) is 6.58. The van der Waals surface area contributed by atoms with E-state index in [0.717, 1.165) is 0 Å². The highest BCUT2D eigenvalue weighted by molar-refractivity contribution is 6.32. The van der Waals surface area contributed by atoms with Gasteiger partial charge in [-0.15, -0.1) is 5.10 Å². The predicted octanol–water partition coefficient (Wildman–Crippen LogP) is 3.06. The summed E-state index contributed by atoms with van der Waals surface area (Å²) >= 11 is 6.12. The maximum absolute atomic E-state index is 12.0. The van der Waals surface area contributed by atoms with Gasteiger partial charge in [-0.3, -0.25) is 9.89 Å². The molecule has 0 aliphatic carbocycles. The second-order valence-corrected chi connectivity index (χ2v) is 5.13. The van der Waals surface area contributed by atoms with Crippen LogP contribution in [0.5, 0.6) is 5.75 Å². The lowest BCUT2D eigenvalue weighted by molar-refractivity contribution is 0.101. The van der Waals surface area contributed by atoms with Gasteiger partial charge in [0.2, 0.25) is 5.82 Å². The first-order valence-corrected chi connectivity index (χ1v) is 7.06. The van der Waals surface area contributed by atoms with Crippen molar-refractivity contribution in [3.63, 3.8) is 0 Å². The van der Waals surface area contributed by atoms with Gasteiger partial charge >= 0.3 is 0 Å². The quantitative estimate of drug-likeness (QED) is 0.889. The SMILES string of the molecule is CCc1nc(C(=O)Nc2ccc(OC(C)C)c(Cl)c2)n[nH]1. The number of carbonyl (C=O) groups is 1. The Hall–Kier alpha value is -2.08. The average molecular weight is 309 g/mol. The largest absolute Gasteiger partial charge is 0.489 e. The summed E-state index contributed by atoms with van der Waals surface area (Å²) < 4.78 is 5.53. The van der Waals surface area contributed by atoms with E-state index in [0.29, 0.717) is 28.7 Å². The summed E-state index contributed by atoms with van der Waals surface area (Å²) in [7, 11) is 0. The summed E-state index contributed by atoms with van der Waals surface area (Å²) in [5.74, 6) is 0.958. The molecule has 6 nitrogen and oxygen atoms in total. The standard InChI is InChI=1S/C14H17ClN4O2/c1-4-12-17-13(19-18-12)14(20)16-9-5-6-11(10(15)7-9)21-8(2)3/h5-8H,4H2,1-3H3,(H,16,20)(H,17,18,19). The van der Waals surface area contributed by atoms with Gasteiger partial charge in [0.05, 0.1) is 11.1 Å². The third kappa shape index (κ3) is 3.95. The molecule has 1 aromatic carbocycles. The zero-order valence-electron chi connectivity index (χ0n) is 12.1. The van der Waals surface area contributed by atoms with E-state index in [1.54, 1.807) is 18.2 Å². The molecule has 0 radical (unpaired) electrons. The summed E-state index contributed by atoms with van der Waals surface area (Å²) in [6, 6.07) is 5.06. The molecule has 7 heteroatoms. The maximum atomic E-state index is 12.0. The fraction of sp³-hybridized carbons (Fsp3) is 0.357. The molecule has 2 N–H and O–H groups in total. The molecule has 1 heterocycles. The Labute approximate surface area is 127 Å². The second-order valence-electron chi connectivity index (χ2n) is 4.73. The number of H-pyrrole nitrogens is 1. The van der Waals surface area contributed by atoms with Gasteiger partial charge < -0.3 is 10.1 Å². The number of aromatic nitrogens is 3. The normalized spacial score (nSPS) is 10.7. The number of carbonyl (C=O) groups excluding carboxylic acids is 1. The van der Waals surface area contributed by atoms with Gasteiger partial charge in [0.15, 0.2) is 0 Å². The van der Waals surface area contributed by atoms with E-state index in [1.807, 2.05) is 20.8 Å². The number of rotatable bonds is 5. The zero-order chi connectivity index (χ0) is 15.4. The van der Waals surface area contributed by atoms with E-state index in [4.69, 9.17) is 16.3 Å². The summed E-state index contributed by atoms with van der Waals surface area (Å²) in [5, 5.41) is 9.68. The summed E-state index contributed by atoms with van der Waals surface area (Å²) in [5.41, 5.74) is 0.559. The minimum absolute atomic E-state index is 0.0312. The number of aromatic amines is 1. The Morgan fingerprint density at radius 2 is 2.24 bits per heavy atom. The van der Waals surface area contributed by atoms with Crippen LogP contribution in [0.25, 0.3) is 0 Å². The van der Waals surface area contributed by atoms with E-state index >= 15 is 0 Å². The van der Waals surface area contributed by atoms with Crippen LogP contribution in [0.1, 0.15) is 37.2 Å². The van der Waals surface area contributed by atoms with Gasteiger partial charge in [-0.05, 0) is 32.0 Å².